The zero-order valence-corrected chi connectivity index (χ0v) is 13.2. The number of carbonyl (C=O) groups excluding carboxylic acids is 1. The molecule has 0 bridgehead atoms. The molecule has 0 radical (unpaired) electrons. The van der Waals surface area contributed by atoms with Gasteiger partial charge in [0, 0.05) is 12.6 Å². The van der Waals surface area contributed by atoms with E-state index in [4.69, 9.17) is 5.14 Å². The first-order valence-electron chi connectivity index (χ1n) is 6.08. The van der Waals surface area contributed by atoms with Crippen LogP contribution in [0.1, 0.15) is 30.1 Å². The molecule has 0 heterocycles. The lowest BCUT2D eigenvalue weighted by Crippen LogP contribution is -2.33. The second-order valence-corrected chi connectivity index (χ2v) is 6.96. The Bertz CT molecular complexity index is 659. The molecule has 1 aromatic rings. The van der Waals surface area contributed by atoms with Gasteiger partial charge in [-0.3, -0.25) is 4.79 Å². The number of halogens is 2. The monoisotopic (exact) mass is 364 g/mol. The molecule has 0 saturated heterocycles. The van der Waals surface area contributed by atoms with Gasteiger partial charge >= 0.3 is 0 Å². The number of amides is 1. The first-order chi connectivity index (χ1) is 9.25. The van der Waals surface area contributed by atoms with Gasteiger partial charge < -0.3 is 4.90 Å². The van der Waals surface area contributed by atoms with Crippen molar-refractivity contribution in [2.45, 2.75) is 30.7 Å². The SMILES string of the molecule is CCN(C(=O)c1cc(F)cc(S(N)(=O)=O)c1Br)C1CC1. The van der Waals surface area contributed by atoms with E-state index in [0.717, 1.165) is 25.0 Å². The van der Waals surface area contributed by atoms with E-state index in [2.05, 4.69) is 15.9 Å². The molecule has 1 aliphatic carbocycles. The molecule has 20 heavy (non-hydrogen) atoms. The molecule has 2 N–H and O–H groups in total. The number of rotatable bonds is 4. The summed E-state index contributed by atoms with van der Waals surface area (Å²) in [5.41, 5.74) is -0.0252. The molecule has 1 aliphatic rings. The molecule has 0 aromatic heterocycles. The fourth-order valence-electron chi connectivity index (χ4n) is 2.04. The summed E-state index contributed by atoms with van der Waals surface area (Å²) in [4.78, 5) is 13.6. The van der Waals surface area contributed by atoms with Crippen LogP contribution in [0, 0.1) is 5.82 Å². The number of hydrogen-bond acceptors (Lipinski definition) is 3. The summed E-state index contributed by atoms with van der Waals surface area (Å²) in [6, 6.07) is 1.97. The van der Waals surface area contributed by atoms with Crippen LogP contribution < -0.4 is 5.14 Å². The summed E-state index contributed by atoms with van der Waals surface area (Å²) in [6.07, 6.45) is 1.82. The van der Waals surface area contributed by atoms with Gasteiger partial charge in [-0.1, -0.05) is 0 Å². The van der Waals surface area contributed by atoms with E-state index in [-0.39, 0.29) is 16.1 Å². The predicted molar refractivity (Wildman–Crippen MR) is 75.2 cm³/mol. The van der Waals surface area contributed by atoms with Crippen LogP contribution in [0.5, 0.6) is 0 Å². The Morgan fingerprint density at radius 1 is 1.50 bits per heavy atom. The fraction of sp³-hybridized carbons (Fsp3) is 0.417. The lowest BCUT2D eigenvalue weighted by atomic mass is 10.2. The molecule has 0 spiro atoms. The first-order valence-corrected chi connectivity index (χ1v) is 8.42. The Balaban J connectivity index is 2.51. The topological polar surface area (TPSA) is 80.5 Å². The lowest BCUT2D eigenvalue weighted by Gasteiger charge is -2.21. The van der Waals surface area contributed by atoms with Crippen LogP contribution in [-0.4, -0.2) is 31.8 Å². The molecule has 0 atom stereocenters. The summed E-state index contributed by atoms with van der Waals surface area (Å²) in [6.45, 7) is 2.31. The molecule has 1 amide bonds. The Morgan fingerprint density at radius 3 is 2.55 bits per heavy atom. The summed E-state index contributed by atoms with van der Waals surface area (Å²) in [5, 5.41) is 5.03. The quantitative estimate of drug-likeness (QED) is 0.885. The third-order valence-electron chi connectivity index (χ3n) is 3.13. The van der Waals surface area contributed by atoms with Crippen LogP contribution in [0.3, 0.4) is 0 Å². The second kappa shape index (κ2) is 5.42. The number of carbonyl (C=O) groups is 1. The standard InChI is InChI=1S/C12H14BrFN2O3S/c1-2-16(8-3-4-8)12(17)9-5-7(14)6-10(11(9)13)20(15,18)19/h5-6,8H,2-4H2,1H3,(H2,15,18,19). The summed E-state index contributed by atoms with van der Waals surface area (Å²) in [5.74, 6) is -1.21. The van der Waals surface area contributed by atoms with Crippen molar-refractivity contribution < 1.29 is 17.6 Å². The highest BCUT2D eigenvalue weighted by molar-refractivity contribution is 9.10. The zero-order chi connectivity index (χ0) is 15.1. The third-order valence-corrected chi connectivity index (χ3v) is 5.18. The van der Waals surface area contributed by atoms with Crippen LogP contribution in [-0.2, 0) is 10.0 Å². The van der Waals surface area contributed by atoms with Crippen molar-refractivity contribution in [3.63, 3.8) is 0 Å². The number of sulfonamides is 1. The molecule has 1 saturated carbocycles. The largest absolute Gasteiger partial charge is 0.336 e. The van der Waals surface area contributed by atoms with Gasteiger partial charge in [0.05, 0.1) is 14.9 Å². The van der Waals surface area contributed by atoms with Crippen molar-refractivity contribution in [1.29, 1.82) is 0 Å². The van der Waals surface area contributed by atoms with Crippen molar-refractivity contribution in [2.24, 2.45) is 5.14 Å². The second-order valence-electron chi connectivity index (χ2n) is 4.63. The molecule has 1 aromatic carbocycles. The van der Waals surface area contributed by atoms with E-state index in [0.29, 0.717) is 6.54 Å². The Hall–Kier alpha value is -0.990. The average molecular weight is 365 g/mol. The van der Waals surface area contributed by atoms with Gasteiger partial charge in [-0.05, 0) is 47.8 Å². The summed E-state index contributed by atoms with van der Waals surface area (Å²) < 4.78 is 36.4. The minimum Gasteiger partial charge on any atom is -0.336 e. The predicted octanol–water partition coefficient (Wildman–Crippen LogP) is 1.86. The summed E-state index contributed by atoms with van der Waals surface area (Å²) in [7, 11) is -4.11. The van der Waals surface area contributed by atoms with Gasteiger partial charge in [0.15, 0.2) is 0 Å². The normalized spacial score (nSPS) is 15.2. The first kappa shape index (κ1) is 15.4. The third kappa shape index (κ3) is 3.02. The fourth-order valence-corrected chi connectivity index (χ4v) is 3.75. The molecule has 0 aliphatic heterocycles. The van der Waals surface area contributed by atoms with Gasteiger partial charge in [0.1, 0.15) is 5.82 Å². The molecule has 8 heteroatoms. The van der Waals surface area contributed by atoms with Gasteiger partial charge in [-0.15, -0.1) is 0 Å². The highest BCUT2D eigenvalue weighted by atomic mass is 79.9. The molecule has 110 valence electrons. The number of primary sulfonamides is 1. The minimum absolute atomic E-state index is 0.00509. The Labute approximate surface area is 125 Å². The number of benzene rings is 1. The highest BCUT2D eigenvalue weighted by Crippen LogP contribution is 2.32. The number of hydrogen-bond donors (Lipinski definition) is 1. The maximum atomic E-state index is 13.6. The average Bonchev–Trinajstić information content (AvgIpc) is 3.15. The smallest absolute Gasteiger partial charge is 0.255 e. The molecule has 0 unspecified atom stereocenters. The summed E-state index contributed by atoms with van der Waals surface area (Å²) >= 11 is 3.05. The molecule has 2 rings (SSSR count). The van der Waals surface area contributed by atoms with Crippen molar-refractivity contribution in [3.8, 4) is 0 Å². The number of nitrogens with two attached hydrogens (primary N) is 1. The van der Waals surface area contributed by atoms with Crippen LogP contribution in [0.4, 0.5) is 4.39 Å². The van der Waals surface area contributed by atoms with Crippen LogP contribution >= 0.6 is 15.9 Å². The van der Waals surface area contributed by atoms with Crippen molar-refractivity contribution in [2.75, 3.05) is 6.54 Å². The maximum Gasteiger partial charge on any atom is 0.255 e. The highest BCUT2D eigenvalue weighted by Gasteiger charge is 2.33. The van der Waals surface area contributed by atoms with Crippen molar-refractivity contribution >= 4 is 31.9 Å². The van der Waals surface area contributed by atoms with Crippen molar-refractivity contribution in [3.05, 3.63) is 28.0 Å². The zero-order valence-electron chi connectivity index (χ0n) is 10.8. The van der Waals surface area contributed by atoms with E-state index in [1.807, 2.05) is 6.92 Å². The van der Waals surface area contributed by atoms with Crippen LogP contribution in [0.2, 0.25) is 0 Å². The van der Waals surface area contributed by atoms with Gasteiger partial charge in [-0.2, -0.15) is 0 Å². The van der Waals surface area contributed by atoms with E-state index in [1.165, 1.54) is 0 Å². The Morgan fingerprint density at radius 2 is 2.10 bits per heavy atom. The van der Waals surface area contributed by atoms with E-state index < -0.39 is 26.6 Å². The molecular weight excluding hydrogens is 351 g/mol. The van der Waals surface area contributed by atoms with E-state index >= 15 is 0 Å². The molecule has 5 nitrogen and oxygen atoms in total. The van der Waals surface area contributed by atoms with Gasteiger partial charge in [0.2, 0.25) is 10.0 Å². The van der Waals surface area contributed by atoms with Gasteiger partial charge in [-0.25, -0.2) is 17.9 Å². The molecule has 1 fully saturated rings. The van der Waals surface area contributed by atoms with Gasteiger partial charge in [0.25, 0.3) is 5.91 Å². The lowest BCUT2D eigenvalue weighted by molar-refractivity contribution is 0.0750. The van der Waals surface area contributed by atoms with Crippen LogP contribution in [0.25, 0.3) is 0 Å². The maximum absolute atomic E-state index is 13.6. The van der Waals surface area contributed by atoms with E-state index in [1.54, 1.807) is 4.90 Å². The minimum atomic E-state index is -4.11. The van der Waals surface area contributed by atoms with Crippen LogP contribution in [0.15, 0.2) is 21.5 Å². The van der Waals surface area contributed by atoms with Crippen molar-refractivity contribution in [1.82, 2.24) is 4.90 Å². The Kier molecular flexibility index (Phi) is 4.17. The number of nitrogens with zero attached hydrogens (tertiary/aromatic N) is 1. The van der Waals surface area contributed by atoms with E-state index in [9.17, 15) is 17.6 Å². The molecular formula is C12H14BrFN2O3S.